The summed E-state index contributed by atoms with van der Waals surface area (Å²) in [6, 6.07) is 10.3. The van der Waals surface area contributed by atoms with Crippen LogP contribution in [0.3, 0.4) is 0 Å². The first kappa shape index (κ1) is 15.2. The fourth-order valence-corrected chi connectivity index (χ4v) is 3.19. The zero-order valence-corrected chi connectivity index (χ0v) is 13.9. The number of aromatic nitrogens is 3. The molecule has 0 atom stereocenters. The second-order valence-corrected chi connectivity index (χ2v) is 6.41. The monoisotopic (exact) mass is 323 g/mol. The molecule has 2 aromatic heterocycles. The van der Waals surface area contributed by atoms with Crippen molar-refractivity contribution in [2.75, 3.05) is 26.2 Å². The van der Waals surface area contributed by atoms with Gasteiger partial charge in [-0.25, -0.2) is 4.63 Å². The first-order chi connectivity index (χ1) is 11.8. The molecule has 0 N–H and O–H groups in total. The van der Waals surface area contributed by atoms with Crippen molar-refractivity contribution < 1.29 is 4.63 Å². The summed E-state index contributed by atoms with van der Waals surface area (Å²) in [7, 11) is 0. The van der Waals surface area contributed by atoms with Crippen molar-refractivity contribution >= 4 is 11.0 Å². The largest absolute Gasteiger partial charge is 0.297 e. The van der Waals surface area contributed by atoms with Crippen LogP contribution in [0, 0.1) is 6.92 Å². The predicted octanol–water partition coefficient (Wildman–Crippen LogP) is 2.24. The summed E-state index contributed by atoms with van der Waals surface area (Å²) >= 11 is 0. The smallest absolute Gasteiger partial charge is 0.135 e. The Morgan fingerprint density at radius 3 is 2.50 bits per heavy atom. The molecule has 0 saturated carbocycles. The number of aryl methyl sites for hydroxylation is 1. The van der Waals surface area contributed by atoms with Crippen molar-refractivity contribution in [2.24, 2.45) is 0 Å². The van der Waals surface area contributed by atoms with Crippen LogP contribution in [0.4, 0.5) is 0 Å². The molecule has 0 unspecified atom stereocenters. The number of nitrogens with zero attached hydrogens (tertiary/aromatic N) is 5. The maximum absolute atomic E-state index is 4.76. The SMILES string of the molecule is Cc1cccnc1CN1CCN(Cc2ccc3nonc3c2)CC1. The van der Waals surface area contributed by atoms with Gasteiger partial charge in [0.1, 0.15) is 11.0 Å². The van der Waals surface area contributed by atoms with E-state index in [0.717, 1.165) is 50.3 Å². The van der Waals surface area contributed by atoms with E-state index in [2.05, 4.69) is 50.2 Å². The Bertz CT molecular complexity index is 823. The van der Waals surface area contributed by atoms with Gasteiger partial charge >= 0.3 is 0 Å². The molecule has 24 heavy (non-hydrogen) atoms. The lowest BCUT2D eigenvalue weighted by Crippen LogP contribution is -2.45. The molecule has 1 aromatic carbocycles. The van der Waals surface area contributed by atoms with E-state index < -0.39 is 0 Å². The van der Waals surface area contributed by atoms with E-state index in [0.29, 0.717) is 0 Å². The topological polar surface area (TPSA) is 58.3 Å². The molecule has 0 spiro atoms. The molecule has 3 heterocycles. The number of benzene rings is 1. The quantitative estimate of drug-likeness (QED) is 0.734. The Morgan fingerprint density at radius 1 is 0.958 bits per heavy atom. The number of pyridine rings is 1. The highest BCUT2D eigenvalue weighted by Gasteiger charge is 2.18. The summed E-state index contributed by atoms with van der Waals surface area (Å²) in [5.74, 6) is 0. The third-order valence-corrected chi connectivity index (χ3v) is 4.68. The van der Waals surface area contributed by atoms with Crippen molar-refractivity contribution in [2.45, 2.75) is 20.0 Å². The number of fused-ring (bicyclic) bond motifs is 1. The zero-order chi connectivity index (χ0) is 16.4. The minimum absolute atomic E-state index is 0.814. The second-order valence-electron chi connectivity index (χ2n) is 6.41. The summed E-state index contributed by atoms with van der Waals surface area (Å²) in [6.45, 7) is 8.30. The third-order valence-electron chi connectivity index (χ3n) is 4.68. The predicted molar refractivity (Wildman–Crippen MR) is 91.3 cm³/mol. The fourth-order valence-electron chi connectivity index (χ4n) is 3.19. The molecule has 3 aromatic rings. The van der Waals surface area contributed by atoms with Crippen LogP contribution in [0.25, 0.3) is 11.0 Å². The molecule has 0 aliphatic carbocycles. The molecule has 124 valence electrons. The van der Waals surface area contributed by atoms with Crippen LogP contribution in [-0.4, -0.2) is 51.3 Å². The summed E-state index contributed by atoms with van der Waals surface area (Å²) in [5.41, 5.74) is 5.36. The van der Waals surface area contributed by atoms with Crippen molar-refractivity contribution in [1.29, 1.82) is 0 Å². The van der Waals surface area contributed by atoms with Crippen LogP contribution in [0.5, 0.6) is 0 Å². The average molecular weight is 323 g/mol. The van der Waals surface area contributed by atoms with E-state index >= 15 is 0 Å². The molecule has 1 aliphatic rings. The number of rotatable bonds is 4. The van der Waals surface area contributed by atoms with Gasteiger partial charge in [-0.05, 0) is 46.6 Å². The summed E-state index contributed by atoms with van der Waals surface area (Å²) in [5, 5.41) is 7.77. The highest BCUT2D eigenvalue weighted by Crippen LogP contribution is 2.15. The molecule has 0 bridgehead atoms. The van der Waals surface area contributed by atoms with E-state index in [1.54, 1.807) is 0 Å². The first-order valence-corrected chi connectivity index (χ1v) is 8.34. The highest BCUT2D eigenvalue weighted by molar-refractivity contribution is 5.73. The van der Waals surface area contributed by atoms with Crippen LogP contribution in [0.15, 0.2) is 41.2 Å². The molecule has 1 fully saturated rings. The lowest BCUT2D eigenvalue weighted by atomic mass is 10.1. The van der Waals surface area contributed by atoms with Crippen LogP contribution >= 0.6 is 0 Å². The maximum atomic E-state index is 4.76. The van der Waals surface area contributed by atoms with Gasteiger partial charge in [-0.2, -0.15) is 0 Å². The minimum atomic E-state index is 0.814. The van der Waals surface area contributed by atoms with Crippen LogP contribution in [-0.2, 0) is 13.1 Å². The molecule has 6 heteroatoms. The van der Waals surface area contributed by atoms with Crippen LogP contribution in [0.2, 0.25) is 0 Å². The zero-order valence-electron chi connectivity index (χ0n) is 13.9. The van der Waals surface area contributed by atoms with Crippen molar-refractivity contribution in [3.8, 4) is 0 Å². The number of piperazine rings is 1. The fraction of sp³-hybridized carbons (Fsp3) is 0.389. The maximum Gasteiger partial charge on any atom is 0.135 e. The molecule has 6 nitrogen and oxygen atoms in total. The molecule has 1 saturated heterocycles. The summed E-state index contributed by atoms with van der Waals surface area (Å²) in [4.78, 5) is 9.47. The average Bonchev–Trinajstić information content (AvgIpc) is 3.06. The molecule has 0 amide bonds. The lowest BCUT2D eigenvalue weighted by molar-refractivity contribution is 0.121. The van der Waals surface area contributed by atoms with E-state index in [1.807, 2.05) is 18.3 Å². The Kier molecular flexibility index (Phi) is 4.23. The van der Waals surface area contributed by atoms with Gasteiger partial charge in [0.25, 0.3) is 0 Å². The highest BCUT2D eigenvalue weighted by atomic mass is 16.6. The Labute approximate surface area is 141 Å². The van der Waals surface area contributed by atoms with Crippen molar-refractivity contribution in [3.63, 3.8) is 0 Å². The van der Waals surface area contributed by atoms with Crippen LogP contribution < -0.4 is 0 Å². The standard InChI is InChI=1S/C18H21N5O/c1-14-3-2-6-19-18(14)13-23-9-7-22(8-10-23)12-15-4-5-16-17(11-15)21-24-20-16/h2-6,11H,7-10,12-13H2,1H3. The van der Waals surface area contributed by atoms with Crippen LogP contribution in [0.1, 0.15) is 16.8 Å². The minimum Gasteiger partial charge on any atom is -0.297 e. The number of hydrogen-bond donors (Lipinski definition) is 0. The molecule has 1 aliphatic heterocycles. The van der Waals surface area contributed by atoms with Crippen molar-refractivity contribution in [1.82, 2.24) is 25.1 Å². The van der Waals surface area contributed by atoms with Gasteiger partial charge in [0.05, 0.1) is 5.69 Å². The van der Waals surface area contributed by atoms with E-state index in [-0.39, 0.29) is 0 Å². The first-order valence-electron chi connectivity index (χ1n) is 8.34. The van der Waals surface area contributed by atoms with Gasteiger partial charge in [0.15, 0.2) is 0 Å². The molecular weight excluding hydrogens is 302 g/mol. The Morgan fingerprint density at radius 2 is 1.71 bits per heavy atom. The van der Waals surface area contributed by atoms with Gasteiger partial charge in [-0.1, -0.05) is 12.1 Å². The Hall–Kier alpha value is -2.31. The van der Waals surface area contributed by atoms with Crippen molar-refractivity contribution in [3.05, 3.63) is 53.3 Å². The summed E-state index contributed by atoms with van der Waals surface area (Å²) in [6.07, 6.45) is 1.88. The molecule has 0 radical (unpaired) electrons. The van der Waals surface area contributed by atoms with Gasteiger partial charge in [-0.15, -0.1) is 0 Å². The second kappa shape index (κ2) is 6.67. The van der Waals surface area contributed by atoms with E-state index in [4.69, 9.17) is 4.63 Å². The van der Waals surface area contributed by atoms with Gasteiger partial charge in [0.2, 0.25) is 0 Å². The normalized spacial score (nSPS) is 16.7. The number of hydrogen-bond acceptors (Lipinski definition) is 6. The van der Waals surface area contributed by atoms with Gasteiger partial charge in [0, 0.05) is 45.5 Å². The summed E-state index contributed by atoms with van der Waals surface area (Å²) < 4.78 is 4.76. The lowest BCUT2D eigenvalue weighted by Gasteiger charge is -2.34. The van der Waals surface area contributed by atoms with E-state index in [1.165, 1.54) is 16.8 Å². The van der Waals surface area contributed by atoms with Gasteiger partial charge in [-0.3, -0.25) is 14.8 Å². The molecular formula is C18H21N5O. The Balaban J connectivity index is 1.33. The molecule has 4 rings (SSSR count). The van der Waals surface area contributed by atoms with E-state index in [9.17, 15) is 0 Å². The third kappa shape index (κ3) is 3.29. The van der Waals surface area contributed by atoms with Gasteiger partial charge < -0.3 is 0 Å².